The highest BCUT2D eigenvalue weighted by Gasteiger charge is 2.40. The molecule has 2 amide bonds. The van der Waals surface area contributed by atoms with E-state index in [9.17, 15) is 9.59 Å². The van der Waals surface area contributed by atoms with Gasteiger partial charge in [-0.15, -0.1) is 0 Å². The van der Waals surface area contributed by atoms with Crippen LogP contribution in [0, 0.1) is 5.92 Å². The number of carbonyl (C=O) groups excluding carboxylic acids is 2. The van der Waals surface area contributed by atoms with Gasteiger partial charge in [0.25, 0.3) is 11.8 Å². The van der Waals surface area contributed by atoms with E-state index in [4.69, 9.17) is 4.74 Å². The standard InChI is InChI=1S/C25H27N5O3/c31-22(16-33-20-6-2-1-3-7-20)29-12-8-18(9-13-29)24-23-21(27-17-28-23)10-14-30(24)25(32)19-5-4-11-26-15-19/h1-7,11,15,17-18,24H,8-10,12-14,16H2,(H,27,28). The lowest BCUT2D eigenvalue weighted by Gasteiger charge is -2.43. The molecule has 1 aromatic carbocycles. The monoisotopic (exact) mass is 445 g/mol. The van der Waals surface area contributed by atoms with Crippen LogP contribution in [-0.2, 0) is 11.2 Å². The molecule has 3 aromatic rings. The number of nitrogens with one attached hydrogen (secondary N) is 1. The maximum absolute atomic E-state index is 13.3. The molecule has 4 heterocycles. The van der Waals surface area contributed by atoms with E-state index in [-0.39, 0.29) is 30.4 Å². The Hall–Kier alpha value is -3.68. The fourth-order valence-electron chi connectivity index (χ4n) is 4.88. The van der Waals surface area contributed by atoms with E-state index in [1.165, 1.54) is 0 Å². The molecule has 0 radical (unpaired) electrons. The van der Waals surface area contributed by atoms with Gasteiger partial charge in [0.05, 0.1) is 23.6 Å². The van der Waals surface area contributed by atoms with E-state index in [2.05, 4.69) is 15.0 Å². The van der Waals surface area contributed by atoms with Crippen molar-refractivity contribution in [1.82, 2.24) is 24.8 Å². The molecular formula is C25H27N5O3. The van der Waals surface area contributed by atoms with Gasteiger partial charge in [-0.1, -0.05) is 18.2 Å². The number of aromatic amines is 1. The van der Waals surface area contributed by atoms with Crippen molar-refractivity contribution in [3.05, 3.63) is 78.1 Å². The summed E-state index contributed by atoms with van der Waals surface area (Å²) >= 11 is 0. The fraction of sp³-hybridized carbons (Fsp3) is 0.360. The van der Waals surface area contributed by atoms with Crippen molar-refractivity contribution in [3.63, 3.8) is 0 Å². The number of ether oxygens (including phenoxy) is 1. The number of fused-ring (bicyclic) bond motifs is 1. The minimum atomic E-state index is -0.106. The molecule has 2 aliphatic rings. The van der Waals surface area contributed by atoms with Gasteiger partial charge >= 0.3 is 0 Å². The summed E-state index contributed by atoms with van der Waals surface area (Å²) in [6.45, 7) is 1.96. The summed E-state index contributed by atoms with van der Waals surface area (Å²) in [5, 5.41) is 0. The van der Waals surface area contributed by atoms with Gasteiger partial charge in [-0.3, -0.25) is 14.6 Å². The number of imidazole rings is 1. The second-order valence-electron chi connectivity index (χ2n) is 8.52. The predicted molar refractivity (Wildman–Crippen MR) is 122 cm³/mol. The molecule has 170 valence electrons. The topological polar surface area (TPSA) is 91.4 Å². The Morgan fingerprint density at radius 1 is 1.06 bits per heavy atom. The Kier molecular flexibility index (Phi) is 6.06. The summed E-state index contributed by atoms with van der Waals surface area (Å²) in [7, 11) is 0. The van der Waals surface area contributed by atoms with E-state index >= 15 is 0 Å². The van der Waals surface area contributed by atoms with Crippen LogP contribution in [0.2, 0.25) is 0 Å². The first-order chi connectivity index (χ1) is 16.2. The summed E-state index contributed by atoms with van der Waals surface area (Å²) < 4.78 is 5.63. The number of amides is 2. The van der Waals surface area contributed by atoms with Gasteiger partial charge in [0.15, 0.2) is 6.61 Å². The molecule has 1 N–H and O–H groups in total. The number of likely N-dealkylation sites (tertiary alicyclic amines) is 1. The summed E-state index contributed by atoms with van der Waals surface area (Å²) in [5.41, 5.74) is 2.65. The zero-order valence-electron chi connectivity index (χ0n) is 18.4. The van der Waals surface area contributed by atoms with E-state index in [0.29, 0.717) is 30.9 Å². The molecular weight excluding hydrogens is 418 g/mol. The van der Waals surface area contributed by atoms with Crippen LogP contribution in [0.25, 0.3) is 0 Å². The average Bonchev–Trinajstić information content (AvgIpc) is 3.36. The van der Waals surface area contributed by atoms with E-state index in [0.717, 1.165) is 30.7 Å². The van der Waals surface area contributed by atoms with Crippen LogP contribution in [0.3, 0.4) is 0 Å². The third-order valence-electron chi connectivity index (χ3n) is 6.58. The van der Waals surface area contributed by atoms with Gasteiger partial charge in [-0.2, -0.15) is 0 Å². The second-order valence-corrected chi connectivity index (χ2v) is 8.52. The quantitative estimate of drug-likeness (QED) is 0.652. The van der Waals surface area contributed by atoms with Gasteiger partial charge in [-0.25, -0.2) is 4.98 Å². The van der Waals surface area contributed by atoms with Gasteiger partial charge in [-0.05, 0) is 43.0 Å². The lowest BCUT2D eigenvalue weighted by Crippen LogP contribution is -2.48. The SMILES string of the molecule is O=C(COc1ccccc1)N1CCC(C2c3nc[nH]c3CCN2C(=O)c2cccnc2)CC1. The number of para-hydroxylation sites is 1. The smallest absolute Gasteiger partial charge is 0.260 e. The maximum Gasteiger partial charge on any atom is 0.260 e. The molecule has 1 atom stereocenters. The van der Waals surface area contributed by atoms with Crippen LogP contribution in [0.1, 0.15) is 40.6 Å². The number of benzene rings is 1. The number of pyridine rings is 1. The second kappa shape index (κ2) is 9.44. The number of rotatable bonds is 5. The highest BCUT2D eigenvalue weighted by Crippen LogP contribution is 2.39. The Balaban J connectivity index is 1.26. The Labute approximate surface area is 192 Å². The normalized spacial score (nSPS) is 18.6. The Morgan fingerprint density at radius 3 is 2.64 bits per heavy atom. The minimum Gasteiger partial charge on any atom is -0.484 e. The van der Waals surface area contributed by atoms with E-state index in [1.54, 1.807) is 30.9 Å². The molecule has 33 heavy (non-hydrogen) atoms. The minimum absolute atomic E-state index is 0.00954. The number of hydrogen-bond acceptors (Lipinski definition) is 5. The van der Waals surface area contributed by atoms with Crippen molar-refractivity contribution in [2.24, 2.45) is 5.92 Å². The van der Waals surface area contributed by atoms with Crippen molar-refractivity contribution in [2.45, 2.75) is 25.3 Å². The van der Waals surface area contributed by atoms with Gasteiger partial charge < -0.3 is 19.5 Å². The van der Waals surface area contributed by atoms with Crippen LogP contribution in [0.4, 0.5) is 0 Å². The van der Waals surface area contributed by atoms with Crippen molar-refractivity contribution in [1.29, 1.82) is 0 Å². The molecule has 1 fully saturated rings. The number of piperidine rings is 1. The molecule has 0 saturated carbocycles. The zero-order chi connectivity index (χ0) is 22.6. The Morgan fingerprint density at radius 2 is 1.88 bits per heavy atom. The molecule has 2 aliphatic heterocycles. The third kappa shape index (κ3) is 4.46. The van der Waals surface area contributed by atoms with E-state index in [1.807, 2.05) is 40.1 Å². The lowest BCUT2D eigenvalue weighted by atomic mass is 9.83. The summed E-state index contributed by atoms with van der Waals surface area (Å²) in [5.74, 6) is 0.895. The number of H-pyrrole nitrogens is 1. The number of nitrogens with zero attached hydrogens (tertiary/aromatic N) is 4. The molecule has 8 nitrogen and oxygen atoms in total. The van der Waals surface area contributed by atoms with Gasteiger partial charge in [0, 0.05) is 44.1 Å². The first-order valence-electron chi connectivity index (χ1n) is 11.4. The molecule has 1 saturated heterocycles. The molecule has 2 aromatic heterocycles. The molecule has 0 aliphatic carbocycles. The summed E-state index contributed by atoms with van der Waals surface area (Å²) in [6, 6.07) is 12.9. The highest BCUT2D eigenvalue weighted by atomic mass is 16.5. The molecule has 8 heteroatoms. The number of aromatic nitrogens is 3. The first kappa shape index (κ1) is 21.2. The predicted octanol–water partition coefficient (Wildman–Crippen LogP) is 2.86. The van der Waals surface area contributed by atoms with Gasteiger partial charge in [0.1, 0.15) is 5.75 Å². The van der Waals surface area contributed by atoms with Crippen molar-refractivity contribution < 1.29 is 14.3 Å². The van der Waals surface area contributed by atoms with E-state index < -0.39 is 0 Å². The summed E-state index contributed by atoms with van der Waals surface area (Å²) in [6.07, 6.45) is 7.38. The van der Waals surface area contributed by atoms with Crippen LogP contribution in [-0.4, -0.2) is 62.8 Å². The summed E-state index contributed by atoms with van der Waals surface area (Å²) in [4.78, 5) is 41.8. The fourth-order valence-corrected chi connectivity index (χ4v) is 4.88. The first-order valence-corrected chi connectivity index (χ1v) is 11.4. The molecule has 0 spiro atoms. The average molecular weight is 446 g/mol. The Bertz CT molecular complexity index is 1090. The van der Waals surface area contributed by atoms with Crippen molar-refractivity contribution in [3.8, 4) is 5.75 Å². The van der Waals surface area contributed by atoms with Crippen LogP contribution in [0.15, 0.2) is 61.2 Å². The van der Waals surface area contributed by atoms with Gasteiger partial charge in [0.2, 0.25) is 0 Å². The lowest BCUT2D eigenvalue weighted by molar-refractivity contribution is -0.135. The molecule has 1 unspecified atom stereocenters. The largest absolute Gasteiger partial charge is 0.484 e. The number of carbonyl (C=O) groups is 2. The molecule has 0 bridgehead atoms. The highest BCUT2D eigenvalue weighted by molar-refractivity contribution is 5.94. The maximum atomic E-state index is 13.3. The van der Waals surface area contributed by atoms with Crippen LogP contribution < -0.4 is 4.74 Å². The zero-order valence-corrected chi connectivity index (χ0v) is 18.4. The molecule has 5 rings (SSSR count). The number of hydrogen-bond donors (Lipinski definition) is 1. The van der Waals surface area contributed by atoms with Crippen molar-refractivity contribution in [2.75, 3.05) is 26.2 Å². The van der Waals surface area contributed by atoms with Crippen molar-refractivity contribution >= 4 is 11.8 Å². The third-order valence-corrected chi connectivity index (χ3v) is 6.58. The van der Waals surface area contributed by atoms with Crippen LogP contribution in [0.5, 0.6) is 5.75 Å². The van der Waals surface area contributed by atoms with Crippen LogP contribution >= 0.6 is 0 Å².